The predicted molar refractivity (Wildman–Crippen MR) is 111 cm³/mol. The van der Waals surface area contributed by atoms with Gasteiger partial charge in [0.25, 0.3) is 23.6 Å². The number of hydrogen-bond donors (Lipinski definition) is 6. The minimum Gasteiger partial charge on any atom is -0.384 e. The first-order valence-electron chi connectivity index (χ1n) is 8.18. The van der Waals surface area contributed by atoms with Gasteiger partial charge in [0.1, 0.15) is 23.3 Å². The maximum Gasteiger partial charge on any atom is 0.250 e. The van der Waals surface area contributed by atoms with Crippen molar-refractivity contribution in [2.45, 2.75) is 0 Å². The Balaban J connectivity index is 0.000000200. The molecule has 2 aromatic heterocycles. The summed E-state index contributed by atoms with van der Waals surface area (Å²) in [5.74, 6) is 0.537. The molecule has 30 heavy (non-hydrogen) atoms. The van der Waals surface area contributed by atoms with Crippen LogP contribution in [0, 0.1) is 0 Å². The SMILES string of the molecule is Nc1cccc(N)n1.Nc1cccc(N)n1.O=C1C=CC(=O)N1.O=C1C=CC(=O)N1. The highest BCUT2D eigenvalue weighted by Crippen LogP contribution is 1.99. The van der Waals surface area contributed by atoms with Gasteiger partial charge in [0, 0.05) is 24.3 Å². The summed E-state index contributed by atoms with van der Waals surface area (Å²) in [5, 5.41) is 4.06. The lowest BCUT2D eigenvalue weighted by Crippen LogP contribution is -2.19. The van der Waals surface area contributed by atoms with Crippen LogP contribution in [0.2, 0.25) is 0 Å². The standard InChI is InChI=1S/2C5H7N3.2C4H3NO2/c2*6-4-2-1-3-5(7)8-4;2*6-3-1-2-4(7)5-3/h2*1-3H,(H4,6,7,8);2*1-2H,(H,5,6,7). The maximum absolute atomic E-state index is 10.0. The maximum atomic E-state index is 10.0. The first-order chi connectivity index (χ1) is 14.2. The van der Waals surface area contributed by atoms with Crippen LogP contribution in [0.5, 0.6) is 0 Å². The number of pyridine rings is 2. The molecule has 12 heteroatoms. The summed E-state index contributed by atoms with van der Waals surface area (Å²) in [7, 11) is 0. The lowest BCUT2D eigenvalue weighted by atomic mass is 10.4. The van der Waals surface area contributed by atoms with Gasteiger partial charge in [-0.05, 0) is 24.3 Å². The van der Waals surface area contributed by atoms with Gasteiger partial charge in [0.05, 0.1) is 0 Å². The molecule has 2 aliphatic rings. The average molecular weight is 412 g/mol. The first kappa shape index (κ1) is 23.3. The normalized spacial score (nSPS) is 13.1. The lowest BCUT2D eigenvalue weighted by Gasteiger charge is -1.90. The monoisotopic (exact) mass is 412 g/mol. The minimum absolute atomic E-state index is 0.329. The van der Waals surface area contributed by atoms with Crippen LogP contribution >= 0.6 is 0 Å². The molecule has 0 atom stereocenters. The number of anilines is 4. The number of carbonyl (C=O) groups is 4. The summed E-state index contributed by atoms with van der Waals surface area (Å²) < 4.78 is 0. The van der Waals surface area contributed by atoms with Crippen LogP contribution in [0.25, 0.3) is 0 Å². The van der Waals surface area contributed by atoms with Gasteiger partial charge in [-0.25, -0.2) is 9.97 Å². The van der Waals surface area contributed by atoms with Crippen LogP contribution in [0.1, 0.15) is 0 Å². The Morgan fingerprint density at radius 1 is 0.500 bits per heavy atom. The third-order valence-electron chi connectivity index (χ3n) is 2.85. The largest absolute Gasteiger partial charge is 0.384 e. The summed E-state index contributed by atoms with van der Waals surface area (Å²) in [6, 6.07) is 10.3. The highest BCUT2D eigenvalue weighted by Gasteiger charge is 2.07. The fourth-order valence-corrected chi connectivity index (χ4v) is 1.65. The molecule has 0 radical (unpaired) electrons. The number of rotatable bonds is 0. The van der Waals surface area contributed by atoms with E-state index < -0.39 is 0 Å². The molecule has 0 aromatic carbocycles. The van der Waals surface area contributed by atoms with E-state index in [1.165, 1.54) is 24.3 Å². The van der Waals surface area contributed by atoms with Crippen molar-refractivity contribution >= 4 is 46.9 Å². The van der Waals surface area contributed by atoms with Crippen molar-refractivity contribution in [1.29, 1.82) is 0 Å². The zero-order valence-electron chi connectivity index (χ0n) is 15.6. The first-order valence-corrected chi connectivity index (χ1v) is 8.18. The molecular formula is C18H20N8O4. The zero-order valence-corrected chi connectivity index (χ0v) is 15.6. The number of nitrogens with two attached hydrogens (primary N) is 4. The van der Waals surface area contributed by atoms with Gasteiger partial charge in [-0.1, -0.05) is 12.1 Å². The van der Waals surface area contributed by atoms with E-state index >= 15 is 0 Å². The zero-order chi connectivity index (χ0) is 22.5. The number of carbonyl (C=O) groups excluding carboxylic acids is 4. The molecule has 0 spiro atoms. The van der Waals surface area contributed by atoms with Crippen molar-refractivity contribution in [3.63, 3.8) is 0 Å². The van der Waals surface area contributed by atoms with Gasteiger partial charge in [-0.3, -0.25) is 29.8 Å². The smallest absolute Gasteiger partial charge is 0.250 e. The molecular weight excluding hydrogens is 392 g/mol. The van der Waals surface area contributed by atoms with Crippen molar-refractivity contribution in [2.75, 3.05) is 22.9 Å². The summed E-state index contributed by atoms with van der Waals surface area (Å²) in [6.45, 7) is 0. The molecule has 4 rings (SSSR count). The lowest BCUT2D eigenvalue weighted by molar-refractivity contribution is -0.125. The molecule has 2 aliphatic heterocycles. The van der Waals surface area contributed by atoms with E-state index in [9.17, 15) is 19.2 Å². The van der Waals surface area contributed by atoms with Crippen LogP contribution < -0.4 is 33.6 Å². The number of imide groups is 2. The summed E-state index contributed by atoms with van der Waals surface area (Å²) in [6.07, 6.45) is 4.79. The van der Waals surface area contributed by atoms with Crippen molar-refractivity contribution in [3.05, 3.63) is 60.7 Å². The van der Waals surface area contributed by atoms with Gasteiger partial charge in [-0.2, -0.15) is 0 Å². The third-order valence-corrected chi connectivity index (χ3v) is 2.85. The summed E-state index contributed by atoms with van der Waals surface area (Å²) >= 11 is 0. The molecule has 0 saturated carbocycles. The van der Waals surface area contributed by atoms with Crippen molar-refractivity contribution in [2.24, 2.45) is 0 Å². The fraction of sp³-hybridized carbons (Fsp3) is 0. The van der Waals surface area contributed by atoms with Gasteiger partial charge in [-0.15, -0.1) is 0 Å². The second-order valence-electron chi connectivity index (χ2n) is 5.35. The van der Waals surface area contributed by atoms with E-state index in [1.54, 1.807) is 36.4 Å². The van der Waals surface area contributed by atoms with Crippen molar-refractivity contribution in [3.8, 4) is 0 Å². The fourth-order valence-electron chi connectivity index (χ4n) is 1.65. The van der Waals surface area contributed by atoms with Gasteiger partial charge < -0.3 is 22.9 Å². The highest BCUT2D eigenvalue weighted by molar-refractivity contribution is 6.13. The van der Waals surface area contributed by atoms with Crippen LogP contribution in [-0.2, 0) is 19.2 Å². The Bertz CT molecular complexity index is 842. The third kappa shape index (κ3) is 10.4. The Morgan fingerprint density at radius 3 is 0.833 bits per heavy atom. The second kappa shape index (κ2) is 11.9. The molecule has 0 unspecified atom stereocenters. The molecule has 2 aromatic rings. The highest BCUT2D eigenvalue weighted by atomic mass is 16.2. The molecule has 0 bridgehead atoms. The van der Waals surface area contributed by atoms with Crippen LogP contribution in [-0.4, -0.2) is 33.6 Å². The number of nitrogens with one attached hydrogen (secondary N) is 2. The topological polar surface area (TPSA) is 222 Å². The number of aromatic nitrogens is 2. The number of nitrogen functional groups attached to an aromatic ring is 4. The summed E-state index contributed by atoms with van der Waals surface area (Å²) in [4.78, 5) is 47.6. The molecule has 12 nitrogen and oxygen atoms in total. The quantitative estimate of drug-likeness (QED) is 0.286. The minimum atomic E-state index is -0.329. The molecule has 0 aliphatic carbocycles. The van der Waals surface area contributed by atoms with Gasteiger partial charge in [0.15, 0.2) is 0 Å². The Labute approximate surface area is 171 Å². The molecule has 4 amide bonds. The van der Waals surface area contributed by atoms with Gasteiger partial charge in [0.2, 0.25) is 0 Å². The van der Waals surface area contributed by atoms with Crippen molar-refractivity contribution in [1.82, 2.24) is 20.6 Å². The molecule has 156 valence electrons. The molecule has 0 fully saturated rings. The Hall–Kier alpha value is -4.74. The average Bonchev–Trinajstić information content (AvgIpc) is 3.22. The van der Waals surface area contributed by atoms with Crippen LogP contribution in [0.3, 0.4) is 0 Å². The van der Waals surface area contributed by atoms with Crippen LogP contribution in [0.4, 0.5) is 23.3 Å². The van der Waals surface area contributed by atoms with Crippen molar-refractivity contribution < 1.29 is 19.2 Å². The van der Waals surface area contributed by atoms with E-state index in [4.69, 9.17) is 22.9 Å². The molecule has 10 N–H and O–H groups in total. The van der Waals surface area contributed by atoms with Crippen LogP contribution in [0.15, 0.2) is 60.7 Å². The van der Waals surface area contributed by atoms with Gasteiger partial charge >= 0.3 is 0 Å². The van der Waals surface area contributed by atoms with E-state index in [-0.39, 0.29) is 23.6 Å². The summed E-state index contributed by atoms with van der Waals surface area (Å²) in [5.41, 5.74) is 21.1. The number of hydrogen-bond acceptors (Lipinski definition) is 10. The van der Waals surface area contributed by atoms with E-state index in [0.29, 0.717) is 23.3 Å². The Kier molecular flexibility index (Phi) is 9.21. The molecule has 4 heterocycles. The second-order valence-corrected chi connectivity index (χ2v) is 5.35. The van der Waals surface area contributed by atoms with E-state index in [0.717, 1.165) is 0 Å². The molecule has 0 saturated heterocycles. The van der Waals surface area contributed by atoms with E-state index in [1.807, 2.05) is 10.6 Å². The number of amides is 4. The number of nitrogens with zero attached hydrogens (tertiary/aromatic N) is 2. The Morgan fingerprint density at radius 2 is 0.733 bits per heavy atom. The predicted octanol–water partition coefficient (Wildman–Crippen LogP) is -1.11. The van der Waals surface area contributed by atoms with E-state index in [2.05, 4.69) is 9.97 Å².